The normalized spacial score (nSPS) is 11.6. The van der Waals surface area contributed by atoms with E-state index in [1.807, 2.05) is 31.0 Å². The maximum Gasteiger partial charge on any atom is 0.242 e. The Hall–Kier alpha value is -1.72. The second kappa shape index (κ2) is 12.0. The molecule has 7 nitrogen and oxygen atoms in total. The van der Waals surface area contributed by atoms with Gasteiger partial charge in [0.15, 0.2) is 5.96 Å². The van der Waals surface area contributed by atoms with Gasteiger partial charge in [-0.1, -0.05) is 24.3 Å². The molecular weight excluding hydrogens is 489 g/mol. The van der Waals surface area contributed by atoms with Gasteiger partial charge in [-0.3, -0.25) is 9.98 Å². The van der Waals surface area contributed by atoms with Crippen molar-refractivity contribution in [1.29, 1.82) is 0 Å². The van der Waals surface area contributed by atoms with Gasteiger partial charge in [0.1, 0.15) is 4.90 Å². The number of benzene rings is 1. The Bertz CT molecular complexity index is 860. The Morgan fingerprint density at radius 3 is 2.61 bits per heavy atom. The molecule has 0 aliphatic carbocycles. The molecule has 2 N–H and O–H groups in total. The molecule has 2 rings (SSSR count). The van der Waals surface area contributed by atoms with E-state index in [1.165, 1.54) is 29.6 Å². The summed E-state index contributed by atoms with van der Waals surface area (Å²) in [6.45, 7) is 6.09. The van der Waals surface area contributed by atoms with Crippen LogP contribution in [0, 0.1) is 6.92 Å². The zero-order valence-corrected chi connectivity index (χ0v) is 19.6. The molecule has 0 fully saturated rings. The van der Waals surface area contributed by atoms with E-state index < -0.39 is 10.0 Å². The maximum absolute atomic E-state index is 12.2. The van der Waals surface area contributed by atoms with E-state index in [0.29, 0.717) is 6.54 Å². The lowest BCUT2D eigenvalue weighted by Gasteiger charge is -2.23. The minimum absolute atomic E-state index is 0. The summed E-state index contributed by atoms with van der Waals surface area (Å²) >= 11 is 0. The maximum atomic E-state index is 12.2. The van der Waals surface area contributed by atoms with Crippen molar-refractivity contribution in [3.63, 3.8) is 0 Å². The van der Waals surface area contributed by atoms with E-state index in [4.69, 9.17) is 0 Å². The molecule has 0 spiro atoms. The van der Waals surface area contributed by atoms with Crippen LogP contribution in [0.5, 0.6) is 0 Å². The fraction of sp³-hybridized carbons (Fsp3) is 0.368. The molecule has 9 heteroatoms. The standard InChI is InChI=1S/C19H27N5O2S.HI/c1-4-21-19(24(3)15-17-9-6-5-8-16(17)2)22-12-13-23-27(25,26)18-10-7-11-20-14-18;/h5-11,14,23H,4,12-13,15H2,1-3H3,(H,21,22);1H. The Kier molecular flexibility index (Phi) is 10.4. The summed E-state index contributed by atoms with van der Waals surface area (Å²) < 4.78 is 26.9. The Labute approximate surface area is 184 Å². The average Bonchev–Trinajstić information content (AvgIpc) is 2.66. The number of hydrogen-bond donors (Lipinski definition) is 2. The van der Waals surface area contributed by atoms with Gasteiger partial charge in [0.2, 0.25) is 10.0 Å². The van der Waals surface area contributed by atoms with Gasteiger partial charge >= 0.3 is 0 Å². The first-order valence-electron chi connectivity index (χ1n) is 8.87. The third-order valence-electron chi connectivity index (χ3n) is 3.98. The monoisotopic (exact) mass is 517 g/mol. The molecule has 0 unspecified atom stereocenters. The van der Waals surface area contributed by atoms with Crippen LogP contribution < -0.4 is 10.0 Å². The number of guanidine groups is 1. The van der Waals surface area contributed by atoms with Gasteiger partial charge in [0, 0.05) is 39.1 Å². The van der Waals surface area contributed by atoms with Crippen LogP contribution in [-0.2, 0) is 16.6 Å². The second-order valence-corrected chi connectivity index (χ2v) is 7.87. The molecule has 0 aliphatic rings. The van der Waals surface area contributed by atoms with Gasteiger partial charge < -0.3 is 10.2 Å². The van der Waals surface area contributed by atoms with Gasteiger partial charge in [-0.25, -0.2) is 13.1 Å². The third-order valence-corrected chi connectivity index (χ3v) is 5.42. The molecule has 1 heterocycles. The summed E-state index contributed by atoms with van der Waals surface area (Å²) in [5, 5.41) is 3.24. The predicted octanol–water partition coefficient (Wildman–Crippen LogP) is 2.38. The van der Waals surface area contributed by atoms with Crippen LogP contribution in [-0.4, -0.2) is 50.9 Å². The van der Waals surface area contributed by atoms with E-state index in [9.17, 15) is 8.42 Å². The fourth-order valence-corrected chi connectivity index (χ4v) is 3.50. The van der Waals surface area contributed by atoms with E-state index in [0.717, 1.165) is 19.0 Å². The fourth-order valence-electron chi connectivity index (χ4n) is 2.52. The molecule has 0 atom stereocenters. The number of pyridine rings is 1. The van der Waals surface area contributed by atoms with Crippen LogP contribution in [0.1, 0.15) is 18.1 Å². The number of rotatable bonds is 8. The van der Waals surface area contributed by atoms with Gasteiger partial charge in [0.05, 0.1) is 6.54 Å². The number of aromatic nitrogens is 1. The topological polar surface area (TPSA) is 86.7 Å². The number of nitrogens with zero attached hydrogens (tertiary/aromatic N) is 3. The molecule has 1 aromatic carbocycles. The van der Waals surface area contributed by atoms with Gasteiger partial charge in [-0.05, 0) is 37.1 Å². The lowest BCUT2D eigenvalue weighted by atomic mass is 10.1. The number of nitrogens with one attached hydrogen (secondary N) is 2. The Balaban J connectivity index is 0.00000392. The van der Waals surface area contributed by atoms with Crippen LogP contribution in [0.2, 0.25) is 0 Å². The van der Waals surface area contributed by atoms with Crippen molar-refractivity contribution in [2.75, 3.05) is 26.7 Å². The first-order valence-corrected chi connectivity index (χ1v) is 10.4. The summed E-state index contributed by atoms with van der Waals surface area (Å²) in [5.74, 6) is 0.737. The average molecular weight is 517 g/mol. The van der Waals surface area contributed by atoms with Crippen molar-refractivity contribution in [2.45, 2.75) is 25.3 Å². The number of aliphatic imine (C=N–C) groups is 1. The summed E-state index contributed by atoms with van der Waals surface area (Å²) in [5.41, 5.74) is 2.45. The Morgan fingerprint density at radius 2 is 1.96 bits per heavy atom. The predicted molar refractivity (Wildman–Crippen MR) is 123 cm³/mol. The highest BCUT2D eigenvalue weighted by atomic mass is 127. The molecule has 0 radical (unpaired) electrons. The van der Waals surface area contributed by atoms with Crippen LogP contribution in [0.25, 0.3) is 0 Å². The van der Waals surface area contributed by atoms with Crippen molar-refractivity contribution < 1.29 is 8.42 Å². The van der Waals surface area contributed by atoms with Crippen LogP contribution >= 0.6 is 24.0 Å². The molecule has 28 heavy (non-hydrogen) atoms. The van der Waals surface area contributed by atoms with Gasteiger partial charge in [0.25, 0.3) is 0 Å². The number of hydrogen-bond acceptors (Lipinski definition) is 4. The third kappa shape index (κ3) is 7.36. The molecule has 0 saturated carbocycles. The van der Waals surface area contributed by atoms with E-state index in [1.54, 1.807) is 6.07 Å². The van der Waals surface area contributed by atoms with Gasteiger partial charge in [-0.2, -0.15) is 0 Å². The van der Waals surface area contributed by atoms with Crippen LogP contribution in [0.3, 0.4) is 0 Å². The molecule has 0 amide bonds. The van der Waals surface area contributed by atoms with E-state index in [-0.39, 0.29) is 35.4 Å². The van der Waals surface area contributed by atoms with Crippen molar-refractivity contribution in [3.8, 4) is 0 Å². The molecule has 0 bridgehead atoms. The number of halogens is 1. The van der Waals surface area contributed by atoms with Crippen molar-refractivity contribution in [1.82, 2.24) is 19.9 Å². The lowest BCUT2D eigenvalue weighted by Crippen LogP contribution is -2.39. The van der Waals surface area contributed by atoms with Crippen LogP contribution in [0.4, 0.5) is 0 Å². The summed E-state index contributed by atoms with van der Waals surface area (Å²) in [7, 11) is -1.59. The molecule has 1 aromatic heterocycles. The summed E-state index contributed by atoms with van der Waals surface area (Å²) in [6.07, 6.45) is 2.86. The summed E-state index contributed by atoms with van der Waals surface area (Å²) in [6, 6.07) is 11.3. The van der Waals surface area contributed by atoms with Crippen molar-refractivity contribution >= 4 is 40.0 Å². The highest BCUT2D eigenvalue weighted by molar-refractivity contribution is 14.0. The van der Waals surface area contributed by atoms with Crippen LogP contribution in [0.15, 0.2) is 58.7 Å². The smallest absolute Gasteiger partial charge is 0.242 e. The number of sulfonamides is 1. The molecule has 154 valence electrons. The van der Waals surface area contributed by atoms with Gasteiger partial charge in [-0.15, -0.1) is 24.0 Å². The Morgan fingerprint density at radius 1 is 1.21 bits per heavy atom. The number of aryl methyl sites for hydroxylation is 1. The quantitative estimate of drug-likeness (QED) is 0.243. The van der Waals surface area contributed by atoms with Crippen molar-refractivity contribution in [2.24, 2.45) is 4.99 Å². The molecular formula is C19H28IN5O2S. The second-order valence-electron chi connectivity index (χ2n) is 6.10. The minimum Gasteiger partial charge on any atom is -0.357 e. The molecule has 0 aliphatic heterocycles. The molecule has 0 saturated heterocycles. The highest BCUT2D eigenvalue weighted by Crippen LogP contribution is 2.09. The largest absolute Gasteiger partial charge is 0.357 e. The van der Waals surface area contributed by atoms with Crippen molar-refractivity contribution in [3.05, 3.63) is 59.9 Å². The zero-order chi connectivity index (χ0) is 19.7. The minimum atomic E-state index is -3.56. The first kappa shape index (κ1) is 24.3. The van der Waals surface area contributed by atoms with E-state index in [2.05, 4.69) is 39.1 Å². The zero-order valence-electron chi connectivity index (χ0n) is 16.4. The SMILES string of the molecule is CCNC(=NCCNS(=O)(=O)c1cccnc1)N(C)Cc1ccccc1C.I. The lowest BCUT2D eigenvalue weighted by molar-refractivity contribution is 0.475. The van der Waals surface area contributed by atoms with E-state index >= 15 is 0 Å². The summed E-state index contributed by atoms with van der Waals surface area (Å²) in [4.78, 5) is 10.5. The highest BCUT2D eigenvalue weighted by Gasteiger charge is 2.13. The molecule has 2 aromatic rings. The first-order chi connectivity index (χ1) is 12.9.